The summed E-state index contributed by atoms with van der Waals surface area (Å²) >= 11 is 3.22. The lowest BCUT2D eigenvalue weighted by Gasteiger charge is -2.10. The number of ether oxygens (including phenoxy) is 1. The largest absolute Gasteiger partial charge is 0.444 e. The second-order valence-corrected chi connectivity index (χ2v) is 5.07. The molecule has 0 spiro atoms. The molecule has 0 heterocycles. The van der Waals surface area contributed by atoms with Gasteiger partial charge in [0.25, 0.3) is 0 Å². The molecule has 1 amide bonds. The van der Waals surface area contributed by atoms with E-state index in [2.05, 4.69) is 21.2 Å². The normalized spacial score (nSPS) is 10.2. The van der Waals surface area contributed by atoms with Crippen molar-refractivity contribution in [2.45, 2.75) is 13.5 Å². The molecule has 104 valence electrons. The van der Waals surface area contributed by atoms with E-state index in [1.807, 2.05) is 30.3 Å². The first-order chi connectivity index (χ1) is 9.58. The number of halogens is 2. The zero-order valence-corrected chi connectivity index (χ0v) is 12.4. The molecular weight excluding hydrogens is 325 g/mol. The lowest BCUT2D eigenvalue weighted by molar-refractivity contribution is 0.155. The maximum Gasteiger partial charge on any atom is 0.412 e. The van der Waals surface area contributed by atoms with Crippen LogP contribution in [0.15, 0.2) is 46.9 Å². The van der Waals surface area contributed by atoms with E-state index in [0.29, 0.717) is 10.0 Å². The Labute approximate surface area is 124 Å². The van der Waals surface area contributed by atoms with Crippen molar-refractivity contribution in [1.82, 2.24) is 0 Å². The van der Waals surface area contributed by atoms with E-state index in [4.69, 9.17) is 4.74 Å². The fourth-order valence-electron chi connectivity index (χ4n) is 1.63. The van der Waals surface area contributed by atoms with Crippen molar-refractivity contribution in [3.63, 3.8) is 0 Å². The molecule has 0 radical (unpaired) electrons. The first-order valence-electron chi connectivity index (χ1n) is 6.00. The van der Waals surface area contributed by atoms with Crippen molar-refractivity contribution < 1.29 is 13.9 Å². The van der Waals surface area contributed by atoms with Gasteiger partial charge in [-0.3, -0.25) is 5.32 Å². The molecule has 2 aromatic carbocycles. The highest BCUT2D eigenvalue weighted by Gasteiger charge is 2.11. The Hall–Kier alpha value is -1.88. The zero-order valence-electron chi connectivity index (χ0n) is 10.8. The van der Waals surface area contributed by atoms with Gasteiger partial charge in [-0.15, -0.1) is 0 Å². The van der Waals surface area contributed by atoms with Crippen LogP contribution < -0.4 is 5.32 Å². The topological polar surface area (TPSA) is 38.3 Å². The van der Waals surface area contributed by atoms with Crippen LogP contribution in [0.3, 0.4) is 0 Å². The summed E-state index contributed by atoms with van der Waals surface area (Å²) in [4.78, 5) is 11.6. The smallest absolute Gasteiger partial charge is 0.412 e. The van der Waals surface area contributed by atoms with Gasteiger partial charge in [0.05, 0.1) is 5.69 Å². The molecule has 3 nitrogen and oxygen atoms in total. The van der Waals surface area contributed by atoms with E-state index in [0.717, 1.165) is 5.56 Å². The van der Waals surface area contributed by atoms with Gasteiger partial charge in [-0.05, 0) is 24.6 Å². The molecule has 20 heavy (non-hydrogen) atoms. The number of amides is 1. The van der Waals surface area contributed by atoms with Gasteiger partial charge >= 0.3 is 6.09 Å². The maximum absolute atomic E-state index is 13.9. The number of carbonyl (C=O) groups is 1. The molecule has 0 bridgehead atoms. The van der Waals surface area contributed by atoms with E-state index in [9.17, 15) is 9.18 Å². The van der Waals surface area contributed by atoms with Crippen molar-refractivity contribution in [2.75, 3.05) is 5.32 Å². The van der Waals surface area contributed by atoms with Gasteiger partial charge in [0.1, 0.15) is 6.61 Å². The third kappa shape index (κ3) is 3.57. The Morgan fingerprint density at radius 1 is 1.25 bits per heavy atom. The van der Waals surface area contributed by atoms with Crippen molar-refractivity contribution >= 4 is 27.7 Å². The van der Waals surface area contributed by atoms with Crippen LogP contribution >= 0.6 is 15.9 Å². The first-order valence-corrected chi connectivity index (χ1v) is 6.79. The molecule has 1 N–H and O–H groups in total. The second-order valence-electron chi connectivity index (χ2n) is 4.22. The number of nitrogens with one attached hydrogen (secondary N) is 1. The Morgan fingerprint density at radius 2 is 1.95 bits per heavy atom. The summed E-state index contributed by atoms with van der Waals surface area (Å²) in [6, 6.07) is 12.4. The van der Waals surface area contributed by atoms with Crippen molar-refractivity contribution in [3.8, 4) is 0 Å². The predicted octanol–water partition coefficient (Wildman–Crippen LogP) is 4.65. The SMILES string of the molecule is Cc1c(Br)ccc(NC(=O)OCc2ccccc2)c1F. The number of carbonyl (C=O) groups excluding carboxylic acids is 1. The number of hydrogen-bond acceptors (Lipinski definition) is 2. The Kier molecular flexibility index (Phi) is 4.74. The summed E-state index contributed by atoms with van der Waals surface area (Å²) in [5, 5.41) is 2.39. The number of hydrogen-bond donors (Lipinski definition) is 1. The minimum absolute atomic E-state index is 0.101. The fraction of sp³-hybridized carbons (Fsp3) is 0.133. The molecule has 0 aliphatic carbocycles. The van der Waals surface area contributed by atoms with Crippen LogP contribution in [0.4, 0.5) is 14.9 Å². The quantitative estimate of drug-likeness (QED) is 0.885. The lowest BCUT2D eigenvalue weighted by Crippen LogP contribution is -2.14. The number of rotatable bonds is 3. The van der Waals surface area contributed by atoms with Gasteiger partial charge in [0.15, 0.2) is 5.82 Å². The maximum atomic E-state index is 13.9. The van der Waals surface area contributed by atoms with E-state index in [1.165, 1.54) is 6.07 Å². The van der Waals surface area contributed by atoms with Crippen LogP contribution in [-0.4, -0.2) is 6.09 Å². The number of anilines is 1. The van der Waals surface area contributed by atoms with Gasteiger partial charge in [-0.2, -0.15) is 0 Å². The lowest BCUT2D eigenvalue weighted by atomic mass is 10.2. The summed E-state index contributed by atoms with van der Waals surface area (Å²) in [7, 11) is 0. The highest BCUT2D eigenvalue weighted by atomic mass is 79.9. The summed E-state index contributed by atoms with van der Waals surface area (Å²) in [5.41, 5.74) is 1.41. The molecule has 0 saturated heterocycles. The molecule has 0 unspecified atom stereocenters. The van der Waals surface area contributed by atoms with E-state index in [-0.39, 0.29) is 12.3 Å². The highest BCUT2D eigenvalue weighted by molar-refractivity contribution is 9.10. The minimum atomic E-state index is -0.686. The van der Waals surface area contributed by atoms with Crippen molar-refractivity contribution in [1.29, 1.82) is 0 Å². The first kappa shape index (κ1) is 14.5. The molecular formula is C15H13BrFNO2. The molecule has 0 aromatic heterocycles. The third-order valence-electron chi connectivity index (χ3n) is 2.77. The molecule has 0 aliphatic rings. The summed E-state index contributed by atoms with van der Waals surface area (Å²) < 4.78 is 19.6. The van der Waals surface area contributed by atoms with Crippen molar-refractivity contribution in [2.24, 2.45) is 0 Å². The van der Waals surface area contributed by atoms with Gasteiger partial charge in [-0.25, -0.2) is 9.18 Å². The predicted molar refractivity (Wildman–Crippen MR) is 79.1 cm³/mol. The molecule has 2 rings (SSSR count). The standard InChI is InChI=1S/C15H13BrFNO2/c1-10-12(16)7-8-13(14(10)17)18-15(19)20-9-11-5-3-2-4-6-11/h2-8H,9H2,1H3,(H,18,19). The fourth-order valence-corrected chi connectivity index (χ4v) is 1.93. The Morgan fingerprint density at radius 3 is 2.65 bits per heavy atom. The molecule has 0 aliphatic heterocycles. The number of benzene rings is 2. The molecule has 0 fully saturated rings. The molecule has 2 aromatic rings. The van der Waals surface area contributed by atoms with Crippen LogP contribution in [0.1, 0.15) is 11.1 Å². The Bertz CT molecular complexity index is 617. The van der Waals surface area contributed by atoms with E-state index < -0.39 is 11.9 Å². The third-order valence-corrected chi connectivity index (χ3v) is 3.63. The summed E-state index contributed by atoms with van der Waals surface area (Å²) in [6.07, 6.45) is -0.686. The second kappa shape index (κ2) is 6.52. The summed E-state index contributed by atoms with van der Waals surface area (Å²) in [6.45, 7) is 1.77. The van der Waals surface area contributed by atoms with E-state index in [1.54, 1.807) is 13.0 Å². The molecule has 0 saturated carbocycles. The van der Waals surface area contributed by atoms with E-state index >= 15 is 0 Å². The molecule has 5 heteroatoms. The average Bonchev–Trinajstić information content (AvgIpc) is 2.47. The van der Waals surface area contributed by atoms with Gasteiger partial charge < -0.3 is 4.74 Å². The van der Waals surface area contributed by atoms with Gasteiger partial charge in [0, 0.05) is 10.0 Å². The van der Waals surface area contributed by atoms with Gasteiger partial charge in [0.2, 0.25) is 0 Å². The Balaban J connectivity index is 1.97. The van der Waals surface area contributed by atoms with Crippen LogP contribution in [0.5, 0.6) is 0 Å². The van der Waals surface area contributed by atoms with Crippen LogP contribution in [0, 0.1) is 12.7 Å². The van der Waals surface area contributed by atoms with Crippen LogP contribution in [-0.2, 0) is 11.3 Å². The highest BCUT2D eigenvalue weighted by Crippen LogP contribution is 2.25. The summed E-state index contributed by atoms with van der Waals surface area (Å²) in [5.74, 6) is -0.476. The average molecular weight is 338 g/mol. The minimum Gasteiger partial charge on any atom is -0.444 e. The molecule has 0 atom stereocenters. The van der Waals surface area contributed by atoms with Crippen LogP contribution in [0.25, 0.3) is 0 Å². The van der Waals surface area contributed by atoms with Gasteiger partial charge in [-0.1, -0.05) is 46.3 Å². The van der Waals surface area contributed by atoms with Crippen molar-refractivity contribution in [3.05, 3.63) is 63.9 Å². The monoisotopic (exact) mass is 337 g/mol. The van der Waals surface area contributed by atoms with Crippen LogP contribution in [0.2, 0.25) is 0 Å². The zero-order chi connectivity index (χ0) is 14.5.